The van der Waals surface area contributed by atoms with Crippen molar-refractivity contribution in [3.63, 3.8) is 0 Å². The number of nitro benzene ring substituents is 1. The summed E-state index contributed by atoms with van der Waals surface area (Å²) >= 11 is 10.8. The lowest BCUT2D eigenvalue weighted by atomic mass is 10.1. The molecule has 0 radical (unpaired) electrons. The maximum absolute atomic E-state index is 11.1. The monoisotopic (exact) mass is 364 g/mol. The first-order chi connectivity index (χ1) is 11.5. The molecular formula is C15H13ClN4O3S. The number of furan rings is 1. The maximum Gasteiger partial charge on any atom is 0.281 e. The number of rotatable bonds is 6. The van der Waals surface area contributed by atoms with Gasteiger partial charge in [0.2, 0.25) is 0 Å². The van der Waals surface area contributed by atoms with Gasteiger partial charge in [-0.2, -0.15) is 5.10 Å². The molecular weight excluding hydrogens is 352 g/mol. The molecule has 2 N–H and O–H groups in total. The highest BCUT2D eigenvalue weighted by molar-refractivity contribution is 7.80. The Morgan fingerprint density at radius 1 is 1.46 bits per heavy atom. The summed E-state index contributed by atoms with van der Waals surface area (Å²) < 4.78 is 5.55. The minimum atomic E-state index is -0.511. The van der Waals surface area contributed by atoms with Crippen molar-refractivity contribution in [2.24, 2.45) is 5.10 Å². The van der Waals surface area contributed by atoms with Crippen LogP contribution in [0.1, 0.15) is 5.76 Å². The Balaban J connectivity index is 2.12. The van der Waals surface area contributed by atoms with Crippen molar-refractivity contribution in [1.82, 2.24) is 10.7 Å². The third kappa shape index (κ3) is 4.64. The van der Waals surface area contributed by atoms with Gasteiger partial charge in [-0.1, -0.05) is 17.7 Å². The second kappa shape index (κ2) is 8.23. The summed E-state index contributed by atoms with van der Waals surface area (Å²) in [5, 5.41) is 18.5. The first-order valence-corrected chi connectivity index (χ1v) is 7.52. The van der Waals surface area contributed by atoms with Gasteiger partial charge in [0.1, 0.15) is 11.5 Å². The van der Waals surface area contributed by atoms with E-state index in [-0.39, 0.29) is 10.7 Å². The van der Waals surface area contributed by atoms with Crippen molar-refractivity contribution in [1.29, 1.82) is 0 Å². The summed E-state index contributed by atoms with van der Waals surface area (Å²) in [6, 6.07) is 7.63. The molecule has 0 amide bonds. The summed E-state index contributed by atoms with van der Waals surface area (Å²) in [6.07, 6.45) is 3.07. The van der Waals surface area contributed by atoms with Crippen LogP contribution in [0.25, 0.3) is 11.3 Å². The molecule has 1 heterocycles. The SMILES string of the molecule is C=CCNC(=S)N/N=C\c1ccc(-c2ccc(Cl)cc2[N+](=O)[O-])o1. The van der Waals surface area contributed by atoms with Gasteiger partial charge < -0.3 is 9.73 Å². The molecule has 0 unspecified atom stereocenters. The number of hydrazone groups is 1. The number of benzene rings is 1. The van der Waals surface area contributed by atoms with Gasteiger partial charge in [-0.05, 0) is 36.5 Å². The number of nitrogens with one attached hydrogen (secondary N) is 2. The largest absolute Gasteiger partial charge is 0.455 e. The van der Waals surface area contributed by atoms with Gasteiger partial charge in [-0.3, -0.25) is 15.5 Å². The Bertz CT molecular complexity index is 804. The molecule has 9 heteroatoms. The van der Waals surface area contributed by atoms with Crippen LogP contribution in [-0.2, 0) is 0 Å². The zero-order valence-electron chi connectivity index (χ0n) is 12.4. The Labute approximate surface area is 148 Å². The van der Waals surface area contributed by atoms with Crippen molar-refractivity contribution >= 4 is 40.8 Å². The molecule has 1 aromatic heterocycles. The number of hydrogen-bond donors (Lipinski definition) is 2. The van der Waals surface area contributed by atoms with Crippen molar-refractivity contribution in [2.75, 3.05) is 6.54 Å². The van der Waals surface area contributed by atoms with E-state index in [1.54, 1.807) is 24.3 Å². The smallest absolute Gasteiger partial charge is 0.281 e. The van der Waals surface area contributed by atoms with Crippen LogP contribution in [0.4, 0.5) is 5.69 Å². The van der Waals surface area contributed by atoms with Gasteiger partial charge in [0.15, 0.2) is 5.11 Å². The van der Waals surface area contributed by atoms with Crippen LogP contribution >= 0.6 is 23.8 Å². The lowest BCUT2D eigenvalue weighted by Crippen LogP contribution is -2.31. The van der Waals surface area contributed by atoms with Gasteiger partial charge in [0.25, 0.3) is 5.69 Å². The highest BCUT2D eigenvalue weighted by Crippen LogP contribution is 2.33. The fourth-order valence-electron chi connectivity index (χ4n) is 1.79. The first kappa shape index (κ1) is 17.6. The molecule has 2 rings (SSSR count). The predicted octanol–water partition coefficient (Wildman–Crippen LogP) is 3.49. The Kier molecular flexibility index (Phi) is 6.05. The second-order valence-electron chi connectivity index (χ2n) is 4.49. The Morgan fingerprint density at radius 2 is 2.25 bits per heavy atom. The van der Waals surface area contributed by atoms with Crippen LogP contribution in [0.5, 0.6) is 0 Å². The maximum atomic E-state index is 11.1. The van der Waals surface area contributed by atoms with Crippen LogP contribution in [-0.4, -0.2) is 22.8 Å². The summed E-state index contributed by atoms with van der Waals surface area (Å²) in [4.78, 5) is 10.6. The van der Waals surface area contributed by atoms with Crippen molar-refractivity contribution in [3.8, 4) is 11.3 Å². The van der Waals surface area contributed by atoms with Crippen molar-refractivity contribution in [2.45, 2.75) is 0 Å². The van der Waals surface area contributed by atoms with Crippen molar-refractivity contribution in [3.05, 3.63) is 63.9 Å². The minimum Gasteiger partial charge on any atom is -0.455 e. The lowest BCUT2D eigenvalue weighted by Gasteiger charge is -2.02. The molecule has 0 bridgehead atoms. The minimum absolute atomic E-state index is 0.131. The van der Waals surface area contributed by atoms with Gasteiger partial charge >= 0.3 is 0 Å². The fourth-order valence-corrected chi connectivity index (χ4v) is 2.09. The first-order valence-electron chi connectivity index (χ1n) is 6.73. The molecule has 0 saturated heterocycles. The Hall–Kier alpha value is -2.71. The molecule has 7 nitrogen and oxygen atoms in total. The van der Waals surface area contributed by atoms with E-state index in [1.807, 2.05) is 0 Å². The number of halogens is 1. The van der Waals surface area contributed by atoms with E-state index >= 15 is 0 Å². The van der Waals surface area contributed by atoms with Gasteiger partial charge in [-0.15, -0.1) is 6.58 Å². The van der Waals surface area contributed by atoms with Crippen LogP contribution in [0.3, 0.4) is 0 Å². The molecule has 0 aliphatic carbocycles. The molecule has 124 valence electrons. The molecule has 0 saturated carbocycles. The summed E-state index contributed by atoms with van der Waals surface area (Å²) in [6.45, 7) is 4.08. The molecule has 0 spiro atoms. The van der Waals surface area contributed by atoms with Crippen LogP contribution in [0, 0.1) is 10.1 Å². The second-order valence-corrected chi connectivity index (χ2v) is 5.33. The average Bonchev–Trinajstić information content (AvgIpc) is 3.01. The van der Waals surface area contributed by atoms with E-state index in [0.717, 1.165) is 0 Å². The Morgan fingerprint density at radius 3 is 2.96 bits per heavy atom. The molecule has 0 atom stereocenters. The van der Waals surface area contributed by atoms with E-state index in [2.05, 4.69) is 22.4 Å². The van der Waals surface area contributed by atoms with Gasteiger partial charge in [-0.25, -0.2) is 0 Å². The normalized spacial score (nSPS) is 10.5. The molecule has 0 aliphatic heterocycles. The fraction of sp³-hybridized carbons (Fsp3) is 0.0667. The van der Waals surface area contributed by atoms with E-state index in [4.69, 9.17) is 28.2 Å². The number of hydrogen-bond acceptors (Lipinski definition) is 5. The van der Waals surface area contributed by atoms with Crippen molar-refractivity contribution < 1.29 is 9.34 Å². The topological polar surface area (TPSA) is 92.7 Å². The zero-order valence-corrected chi connectivity index (χ0v) is 13.9. The highest BCUT2D eigenvalue weighted by Gasteiger charge is 2.18. The summed E-state index contributed by atoms with van der Waals surface area (Å²) in [5.74, 6) is 0.750. The third-order valence-electron chi connectivity index (χ3n) is 2.81. The number of thiocarbonyl (C=S) groups is 1. The van der Waals surface area contributed by atoms with E-state index in [9.17, 15) is 10.1 Å². The number of nitrogens with zero attached hydrogens (tertiary/aromatic N) is 2. The van der Waals surface area contributed by atoms with E-state index < -0.39 is 4.92 Å². The molecule has 24 heavy (non-hydrogen) atoms. The zero-order chi connectivity index (χ0) is 17.5. The summed E-state index contributed by atoms with van der Waals surface area (Å²) in [7, 11) is 0. The predicted molar refractivity (Wildman–Crippen MR) is 97.3 cm³/mol. The average molecular weight is 365 g/mol. The van der Waals surface area contributed by atoms with Gasteiger partial charge in [0.05, 0.1) is 16.7 Å². The highest BCUT2D eigenvalue weighted by atomic mass is 35.5. The quantitative estimate of drug-likeness (QED) is 0.268. The van der Waals surface area contributed by atoms with E-state index in [1.165, 1.54) is 18.3 Å². The standard InChI is InChI=1S/C15H13ClN4O3S/c1-2-7-17-15(24)19-18-9-11-4-6-14(23-11)12-5-3-10(16)8-13(12)20(21)22/h2-6,8-9H,1,7H2,(H2,17,19,24)/b18-9-. The van der Waals surface area contributed by atoms with Crippen LogP contribution in [0.15, 0.2) is 52.5 Å². The van der Waals surface area contributed by atoms with E-state index in [0.29, 0.717) is 28.7 Å². The molecule has 0 fully saturated rings. The van der Waals surface area contributed by atoms with Gasteiger partial charge in [0, 0.05) is 17.6 Å². The van der Waals surface area contributed by atoms with Crippen LogP contribution in [0.2, 0.25) is 5.02 Å². The molecule has 0 aliphatic rings. The molecule has 1 aromatic carbocycles. The molecule has 2 aromatic rings. The summed E-state index contributed by atoms with van der Waals surface area (Å²) in [5.41, 5.74) is 2.81. The van der Waals surface area contributed by atoms with Crippen LogP contribution < -0.4 is 10.7 Å². The third-order valence-corrected chi connectivity index (χ3v) is 3.28. The number of nitro groups is 1. The lowest BCUT2D eigenvalue weighted by molar-refractivity contribution is -0.384.